The lowest BCUT2D eigenvalue weighted by Gasteiger charge is -2.22. The van der Waals surface area contributed by atoms with Crippen molar-refractivity contribution in [1.82, 2.24) is 0 Å². The Morgan fingerprint density at radius 1 is 0.889 bits per heavy atom. The summed E-state index contributed by atoms with van der Waals surface area (Å²) in [6.45, 7) is 2.28. The molecule has 0 heterocycles. The van der Waals surface area contributed by atoms with Crippen LogP contribution in [-0.4, -0.2) is 6.04 Å². The molecule has 18 heavy (non-hydrogen) atoms. The third-order valence-corrected chi connectivity index (χ3v) is 4.60. The zero-order valence-electron chi connectivity index (χ0n) is 12.6. The Labute approximate surface area is 115 Å². The Hall–Kier alpha value is -0.0400. The molecule has 2 N–H and O–H groups in total. The van der Waals surface area contributed by atoms with Gasteiger partial charge in [0.15, 0.2) is 0 Å². The van der Waals surface area contributed by atoms with Crippen LogP contribution >= 0.6 is 0 Å². The van der Waals surface area contributed by atoms with Crippen LogP contribution in [0.15, 0.2) is 0 Å². The van der Waals surface area contributed by atoms with Crippen molar-refractivity contribution in [2.24, 2.45) is 11.7 Å². The number of nitrogens with two attached hydrogens (primary N) is 1. The minimum atomic E-state index is 0.484. The number of unbranched alkanes of at least 4 members (excludes halogenated alkanes) is 5. The summed E-state index contributed by atoms with van der Waals surface area (Å²) >= 11 is 0. The van der Waals surface area contributed by atoms with E-state index in [4.69, 9.17) is 5.73 Å². The molecule has 0 aromatic carbocycles. The first kappa shape index (κ1) is 16.0. The summed E-state index contributed by atoms with van der Waals surface area (Å²) < 4.78 is 0. The fourth-order valence-corrected chi connectivity index (χ4v) is 3.26. The van der Waals surface area contributed by atoms with Gasteiger partial charge in [0.25, 0.3) is 0 Å². The van der Waals surface area contributed by atoms with E-state index < -0.39 is 0 Å². The van der Waals surface area contributed by atoms with Crippen molar-refractivity contribution in [2.75, 3.05) is 0 Å². The average molecular weight is 253 g/mol. The third kappa shape index (κ3) is 8.13. The fraction of sp³-hybridized carbons (Fsp3) is 1.00. The van der Waals surface area contributed by atoms with E-state index in [1.165, 1.54) is 89.9 Å². The van der Waals surface area contributed by atoms with Gasteiger partial charge < -0.3 is 5.73 Å². The predicted molar refractivity (Wildman–Crippen MR) is 81.8 cm³/mol. The lowest BCUT2D eigenvalue weighted by molar-refractivity contribution is 0.319. The van der Waals surface area contributed by atoms with Gasteiger partial charge in [-0.25, -0.2) is 0 Å². The predicted octanol–water partition coefficient (Wildman–Crippen LogP) is 5.42. The Kier molecular flexibility index (Phi) is 9.65. The SMILES string of the molecule is CCCCCCCCC(N)CCC1CCCCC1. The van der Waals surface area contributed by atoms with Crippen LogP contribution in [0.4, 0.5) is 0 Å². The first-order chi connectivity index (χ1) is 8.83. The number of rotatable bonds is 10. The second kappa shape index (κ2) is 10.8. The van der Waals surface area contributed by atoms with Gasteiger partial charge in [-0.3, -0.25) is 0 Å². The van der Waals surface area contributed by atoms with Gasteiger partial charge in [0.2, 0.25) is 0 Å². The molecule has 0 bridgehead atoms. The molecule has 1 fully saturated rings. The topological polar surface area (TPSA) is 26.0 Å². The van der Waals surface area contributed by atoms with E-state index in [0.29, 0.717) is 6.04 Å². The highest BCUT2D eigenvalue weighted by atomic mass is 14.6. The van der Waals surface area contributed by atoms with E-state index in [-0.39, 0.29) is 0 Å². The van der Waals surface area contributed by atoms with Gasteiger partial charge in [0, 0.05) is 6.04 Å². The van der Waals surface area contributed by atoms with Gasteiger partial charge in [0.05, 0.1) is 0 Å². The molecule has 1 aliphatic carbocycles. The second-order valence-corrected chi connectivity index (χ2v) is 6.40. The molecular weight excluding hydrogens is 218 g/mol. The zero-order valence-corrected chi connectivity index (χ0v) is 12.6. The number of hydrogen-bond donors (Lipinski definition) is 1. The maximum absolute atomic E-state index is 6.23. The minimum absolute atomic E-state index is 0.484. The van der Waals surface area contributed by atoms with Crippen molar-refractivity contribution < 1.29 is 0 Å². The third-order valence-electron chi connectivity index (χ3n) is 4.60. The van der Waals surface area contributed by atoms with E-state index >= 15 is 0 Å². The van der Waals surface area contributed by atoms with Crippen LogP contribution in [0.1, 0.15) is 96.8 Å². The van der Waals surface area contributed by atoms with Gasteiger partial charge in [-0.2, -0.15) is 0 Å². The molecule has 0 amide bonds. The highest BCUT2D eigenvalue weighted by molar-refractivity contribution is 4.69. The minimum Gasteiger partial charge on any atom is -0.328 e. The molecule has 0 aliphatic heterocycles. The summed E-state index contributed by atoms with van der Waals surface area (Å²) in [5.74, 6) is 1.01. The molecule has 0 aromatic rings. The average Bonchev–Trinajstić information content (AvgIpc) is 2.41. The maximum Gasteiger partial charge on any atom is 0.00389 e. The Morgan fingerprint density at radius 2 is 1.56 bits per heavy atom. The molecule has 0 saturated heterocycles. The highest BCUT2D eigenvalue weighted by Crippen LogP contribution is 2.27. The molecular formula is C17H35N. The van der Waals surface area contributed by atoms with Crippen LogP contribution in [0, 0.1) is 5.92 Å². The van der Waals surface area contributed by atoms with Gasteiger partial charge in [-0.15, -0.1) is 0 Å². The van der Waals surface area contributed by atoms with Crippen LogP contribution in [0.3, 0.4) is 0 Å². The summed E-state index contributed by atoms with van der Waals surface area (Å²) in [4.78, 5) is 0. The number of hydrogen-bond acceptors (Lipinski definition) is 1. The quantitative estimate of drug-likeness (QED) is 0.516. The van der Waals surface area contributed by atoms with Crippen molar-refractivity contribution in [1.29, 1.82) is 0 Å². The molecule has 1 saturated carbocycles. The lowest BCUT2D eigenvalue weighted by atomic mass is 9.85. The standard InChI is InChI=1S/C17H35N/c1-2-3-4-5-6-10-13-17(18)15-14-16-11-8-7-9-12-16/h16-17H,2-15,18H2,1H3. The molecule has 1 heteroatoms. The Balaban J connectivity index is 1.88. The molecule has 0 radical (unpaired) electrons. The smallest absolute Gasteiger partial charge is 0.00389 e. The van der Waals surface area contributed by atoms with Crippen LogP contribution < -0.4 is 5.73 Å². The summed E-state index contributed by atoms with van der Waals surface area (Å²) in [6.07, 6.45) is 19.7. The van der Waals surface area contributed by atoms with E-state index in [1.54, 1.807) is 0 Å². The van der Waals surface area contributed by atoms with Crippen LogP contribution in [0.25, 0.3) is 0 Å². The zero-order chi connectivity index (χ0) is 13.1. The summed E-state index contributed by atoms with van der Waals surface area (Å²) in [5.41, 5.74) is 6.23. The second-order valence-electron chi connectivity index (χ2n) is 6.40. The molecule has 108 valence electrons. The normalized spacial score (nSPS) is 19.0. The van der Waals surface area contributed by atoms with Crippen molar-refractivity contribution in [2.45, 2.75) is 103 Å². The molecule has 1 unspecified atom stereocenters. The van der Waals surface area contributed by atoms with Crippen LogP contribution in [0.2, 0.25) is 0 Å². The highest BCUT2D eigenvalue weighted by Gasteiger charge is 2.14. The Morgan fingerprint density at radius 3 is 2.28 bits per heavy atom. The van der Waals surface area contributed by atoms with Crippen LogP contribution in [-0.2, 0) is 0 Å². The first-order valence-electron chi connectivity index (χ1n) is 8.58. The summed E-state index contributed by atoms with van der Waals surface area (Å²) in [7, 11) is 0. The van der Waals surface area contributed by atoms with Crippen molar-refractivity contribution in [3.05, 3.63) is 0 Å². The monoisotopic (exact) mass is 253 g/mol. The van der Waals surface area contributed by atoms with Gasteiger partial charge >= 0.3 is 0 Å². The van der Waals surface area contributed by atoms with Gasteiger partial charge in [-0.05, 0) is 25.2 Å². The lowest BCUT2D eigenvalue weighted by Crippen LogP contribution is -2.21. The molecule has 0 aromatic heterocycles. The molecule has 1 atom stereocenters. The van der Waals surface area contributed by atoms with Crippen molar-refractivity contribution in [3.63, 3.8) is 0 Å². The van der Waals surface area contributed by atoms with E-state index in [9.17, 15) is 0 Å². The largest absolute Gasteiger partial charge is 0.328 e. The molecule has 1 nitrogen and oxygen atoms in total. The first-order valence-corrected chi connectivity index (χ1v) is 8.58. The van der Waals surface area contributed by atoms with Crippen LogP contribution in [0.5, 0.6) is 0 Å². The summed E-state index contributed by atoms with van der Waals surface area (Å²) in [5, 5.41) is 0. The van der Waals surface area contributed by atoms with Crippen molar-refractivity contribution >= 4 is 0 Å². The van der Waals surface area contributed by atoms with E-state index in [2.05, 4.69) is 6.92 Å². The maximum atomic E-state index is 6.23. The Bertz CT molecular complexity index is 172. The molecule has 0 spiro atoms. The summed E-state index contributed by atoms with van der Waals surface area (Å²) in [6, 6.07) is 0.484. The molecule has 1 rings (SSSR count). The van der Waals surface area contributed by atoms with Gasteiger partial charge in [-0.1, -0.05) is 77.6 Å². The van der Waals surface area contributed by atoms with Crippen molar-refractivity contribution in [3.8, 4) is 0 Å². The fourth-order valence-electron chi connectivity index (χ4n) is 3.26. The molecule has 1 aliphatic rings. The van der Waals surface area contributed by atoms with Gasteiger partial charge in [0.1, 0.15) is 0 Å². The van der Waals surface area contributed by atoms with E-state index in [1.807, 2.05) is 0 Å². The van der Waals surface area contributed by atoms with E-state index in [0.717, 1.165) is 5.92 Å².